The summed E-state index contributed by atoms with van der Waals surface area (Å²) in [5.41, 5.74) is 1.11. The molecule has 1 aliphatic heterocycles. The summed E-state index contributed by atoms with van der Waals surface area (Å²) in [5, 5.41) is 25.5. The topological polar surface area (TPSA) is 197 Å². The Bertz CT molecular complexity index is 1880. The number of ether oxygens (including phenoxy) is 3. The molecule has 0 saturated carbocycles. The first kappa shape index (κ1) is 40.9. The van der Waals surface area contributed by atoms with Crippen LogP contribution in [0.5, 0.6) is 17.2 Å². The molecule has 0 bridgehead atoms. The first-order chi connectivity index (χ1) is 25.3. The van der Waals surface area contributed by atoms with Gasteiger partial charge >= 0.3 is 18.2 Å². The summed E-state index contributed by atoms with van der Waals surface area (Å²) in [4.78, 5) is 72.1. The van der Waals surface area contributed by atoms with Crippen LogP contribution in [0, 0.1) is 5.92 Å². The van der Waals surface area contributed by atoms with Crippen LogP contribution in [0.3, 0.4) is 0 Å². The number of nitrogens with zero attached hydrogens (tertiary/aromatic N) is 3. The number of carbonyl (C=O) groups is 5. The molecular weight excluding hydrogens is 698 g/mol. The van der Waals surface area contributed by atoms with E-state index in [0.29, 0.717) is 33.9 Å². The predicted molar refractivity (Wildman–Crippen MR) is 199 cm³/mol. The van der Waals surface area contributed by atoms with Crippen molar-refractivity contribution in [3.8, 4) is 17.2 Å². The molecule has 4 rings (SSSR count). The number of anilines is 1. The highest BCUT2D eigenvalue weighted by Gasteiger charge is 2.55. The van der Waals surface area contributed by atoms with E-state index >= 15 is 0 Å². The van der Waals surface area contributed by atoms with Crippen molar-refractivity contribution >= 4 is 35.8 Å². The summed E-state index contributed by atoms with van der Waals surface area (Å²) in [6.07, 6.45) is -2.24. The number of carbonyl (C=O) groups excluding carboxylic acids is 3. The average molecular weight is 748 g/mol. The van der Waals surface area contributed by atoms with Crippen LogP contribution in [0.4, 0.5) is 20.2 Å². The molecule has 15 heteroatoms. The summed E-state index contributed by atoms with van der Waals surface area (Å²) < 4.78 is 16.4. The second-order valence-electron chi connectivity index (χ2n) is 15.0. The second-order valence-corrected chi connectivity index (χ2v) is 15.0. The SMILES string of the molecule is COc1cc(OC)c(CNC(=O)[C@@H]2[C@@H](Cc3c(C(C)(C)C)cnc(N(C(=O)O)C(=O)O)c3C(C)(C)C)C(=O)N2C(=O)N[C@H](C)c2ccccc2)c(OC)c1. The van der Waals surface area contributed by atoms with Crippen molar-refractivity contribution in [2.45, 2.75) is 84.3 Å². The molecule has 1 aliphatic rings. The van der Waals surface area contributed by atoms with Gasteiger partial charge in [0.05, 0.1) is 45.4 Å². The van der Waals surface area contributed by atoms with E-state index in [2.05, 4.69) is 15.6 Å². The zero-order valence-corrected chi connectivity index (χ0v) is 32.3. The maximum absolute atomic E-state index is 14.3. The zero-order chi connectivity index (χ0) is 40.3. The molecule has 0 spiro atoms. The van der Waals surface area contributed by atoms with E-state index in [-0.39, 0.29) is 29.2 Å². The second kappa shape index (κ2) is 16.0. The standard InChI is InChI=1S/C39H49N5O10/c1-21(22-14-12-11-13-15-22)42-35(47)43-31(33(45)41-19-26-28(53-9)16-23(52-8)17-29(26)54-10)25(34(43)46)18-24-27(38(2,3)4)20-40-32(30(24)39(5,6)7)44(36(48)49)37(50)51/h11-17,20-21,25,31H,18-19H2,1-10H3,(H,41,45)(H,42,47)(H,48,49)(H,50,51)/t21-,25-,31+/m1/s1. The maximum atomic E-state index is 14.3. The van der Waals surface area contributed by atoms with Gasteiger partial charge in [-0.05, 0) is 40.9 Å². The van der Waals surface area contributed by atoms with E-state index in [9.17, 15) is 34.2 Å². The fourth-order valence-electron chi connectivity index (χ4n) is 6.72. The van der Waals surface area contributed by atoms with E-state index in [1.807, 2.05) is 51.1 Å². The third kappa shape index (κ3) is 8.35. The molecule has 15 nitrogen and oxygen atoms in total. The smallest absolute Gasteiger partial charge is 0.422 e. The van der Waals surface area contributed by atoms with Crippen molar-refractivity contribution in [1.82, 2.24) is 20.5 Å². The molecule has 1 fully saturated rings. The highest BCUT2D eigenvalue weighted by molar-refractivity contribution is 6.09. The Balaban J connectivity index is 1.83. The summed E-state index contributed by atoms with van der Waals surface area (Å²) in [6.45, 7) is 12.7. The first-order valence-corrected chi connectivity index (χ1v) is 17.3. The van der Waals surface area contributed by atoms with Gasteiger partial charge in [-0.15, -0.1) is 0 Å². The highest BCUT2D eigenvalue weighted by atomic mass is 16.5. The number of rotatable bonds is 11. The van der Waals surface area contributed by atoms with E-state index in [0.717, 1.165) is 10.5 Å². The molecular formula is C39H49N5O10. The molecule has 1 saturated heterocycles. The normalized spacial score (nSPS) is 16.1. The molecule has 0 aliphatic carbocycles. The molecule has 1 aromatic heterocycles. The molecule has 3 aromatic rings. The number of hydrogen-bond acceptors (Lipinski definition) is 9. The fraction of sp³-hybridized carbons (Fsp3) is 0.436. The van der Waals surface area contributed by atoms with Crippen molar-refractivity contribution in [2.75, 3.05) is 26.2 Å². The number of methoxy groups -OCH3 is 3. The lowest BCUT2D eigenvalue weighted by atomic mass is 9.72. The summed E-state index contributed by atoms with van der Waals surface area (Å²) >= 11 is 0. The lowest BCUT2D eigenvalue weighted by molar-refractivity contribution is -0.157. The first-order valence-electron chi connectivity index (χ1n) is 17.3. The van der Waals surface area contributed by atoms with Gasteiger partial charge in [0.15, 0.2) is 5.82 Å². The molecule has 54 heavy (non-hydrogen) atoms. The third-order valence-electron chi connectivity index (χ3n) is 9.34. The summed E-state index contributed by atoms with van der Waals surface area (Å²) in [7, 11) is 4.40. The predicted octanol–water partition coefficient (Wildman–Crippen LogP) is 6.02. The van der Waals surface area contributed by atoms with Crippen molar-refractivity contribution in [3.05, 3.63) is 76.5 Å². The number of aromatic nitrogens is 1. The molecule has 6 amide bonds. The van der Waals surface area contributed by atoms with E-state index in [1.165, 1.54) is 27.5 Å². The number of carboxylic acid groups (broad SMARTS) is 2. The lowest BCUT2D eigenvalue weighted by Gasteiger charge is -2.45. The van der Waals surface area contributed by atoms with Gasteiger partial charge in [0, 0.05) is 23.9 Å². The monoisotopic (exact) mass is 747 g/mol. The van der Waals surface area contributed by atoms with E-state index < -0.39 is 58.9 Å². The lowest BCUT2D eigenvalue weighted by Crippen LogP contribution is -2.70. The number of imide groups is 2. The summed E-state index contributed by atoms with van der Waals surface area (Å²) in [5.74, 6) is -1.53. The van der Waals surface area contributed by atoms with Crippen molar-refractivity contribution < 1.29 is 48.4 Å². The Hall–Kier alpha value is -5.86. The van der Waals surface area contributed by atoms with Gasteiger partial charge in [0.1, 0.15) is 23.3 Å². The Morgan fingerprint density at radius 2 is 1.46 bits per heavy atom. The molecule has 3 atom stereocenters. The van der Waals surface area contributed by atoms with Crippen molar-refractivity contribution in [1.29, 1.82) is 0 Å². The number of nitrogens with one attached hydrogen (secondary N) is 2. The number of likely N-dealkylation sites (tertiary alicyclic amines) is 1. The van der Waals surface area contributed by atoms with Crippen LogP contribution in [-0.4, -0.2) is 77.5 Å². The van der Waals surface area contributed by atoms with Crippen molar-refractivity contribution in [2.24, 2.45) is 5.92 Å². The van der Waals surface area contributed by atoms with Crippen LogP contribution in [0.2, 0.25) is 0 Å². The largest absolute Gasteiger partial charge is 0.496 e. The Kier molecular flexibility index (Phi) is 12.1. The van der Waals surface area contributed by atoms with E-state index in [1.54, 1.807) is 39.8 Å². The van der Waals surface area contributed by atoms with Gasteiger partial charge < -0.3 is 35.1 Å². The molecule has 4 N–H and O–H groups in total. The number of hydrogen-bond donors (Lipinski definition) is 4. The van der Waals surface area contributed by atoms with Crippen LogP contribution in [0.25, 0.3) is 0 Å². The number of amides is 6. The Morgan fingerprint density at radius 1 is 0.889 bits per heavy atom. The van der Waals surface area contributed by atoms with Gasteiger partial charge in [-0.3, -0.25) is 14.5 Å². The Morgan fingerprint density at radius 3 is 1.94 bits per heavy atom. The zero-order valence-electron chi connectivity index (χ0n) is 32.3. The molecule has 0 unspecified atom stereocenters. The van der Waals surface area contributed by atoms with Gasteiger partial charge in [-0.2, -0.15) is 4.90 Å². The van der Waals surface area contributed by atoms with Gasteiger partial charge in [-0.25, -0.2) is 19.4 Å². The molecule has 0 radical (unpaired) electrons. The fourth-order valence-corrected chi connectivity index (χ4v) is 6.72. The minimum absolute atomic E-state index is 0.103. The highest BCUT2D eigenvalue weighted by Crippen LogP contribution is 2.43. The molecule has 2 heterocycles. The van der Waals surface area contributed by atoms with Crippen molar-refractivity contribution in [3.63, 3.8) is 0 Å². The van der Waals surface area contributed by atoms with Crippen LogP contribution >= 0.6 is 0 Å². The summed E-state index contributed by atoms with van der Waals surface area (Å²) in [6, 6.07) is 9.78. The molecule has 2 aromatic carbocycles. The quantitative estimate of drug-likeness (QED) is 0.167. The van der Waals surface area contributed by atoms with Gasteiger partial charge in [0.25, 0.3) is 0 Å². The number of β-lactam (4-membered cyclic amide) rings is 1. The average Bonchev–Trinajstić information content (AvgIpc) is 3.10. The van der Waals surface area contributed by atoms with Crippen LogP contribution in [0.15, 0.2) is 48.7 Å². The van der Waals surface area contributed by atoms with E-state index in [4.69, 9.17) is 14.2 Å². The van der Waals surface area contributed by atoms with Crippen LogP contribution < -0.4 is 29.7 Å². The Labute approximate surface area is 314 Å². The maximum Gasteiger partial charge on any atom is 0.422 e. The van der Waals surface area contributed by atoms with Gasteiger partial charge in [0.2, 0.25) is 11.8 Å². The van der Waals surface area contributed by atoms with Crippen LogP contribution in [-0.2, 0) is 33.4 Å². The minimum atomic E-state index is -1.76. The number of urea groups is 1. The van der Waals surface area contributed by atoms with Gasteiger partial charge in [-0.1, -0.05) is 71.9 Å². The van der Waals surface area contributed by atoms with Crippen LogP contribution in [0.1, 0.15) is 82.3 Å². The minimum Gasteiger partial charge on any atom is -0.496 e. The third-order valence-corrected chi connectivity index (χ3v) is 9.34. The molecule has 290 valence electrons. The number of pyridine rings is 1. The number of benzene rings is 2.